The Morgan fingerprint density at radius 3 is 2.81 bits per heavy atom. The Balaban J connectivity index is 1.38. The van der Waals surface area contributed by atoms with Gasteiger partial charge in [0.15, 0.2) is 0 Å². The molecule has 5 rings (SSSR count). The van der Waals surface area contributed by atoms with Crippen LogP contribution in [0.2, 0.25) is 0 Å². The maximum absolute atomic E-state index is 5.72. The smallest absolute Gasteiger partial charge is 0.141 e. The SMILES string of the molecule is CC(c1ccc2scnc2c1)N1CCc2onc(-c3ccccc3)c2CC1. The molecular formula is C22H21N3OS. The lowest BCUT2D eigenvalue weighted by molar-refractivity contribution is 0.216. The fraction of sp³-hybridized carbons (Fsp3) is 0.273. The quantitative estimate of drug-likeness (QED) is 0.499. The van der Waals surface area contributed by atoms with Crippen molar-refractivity contribution >= 4 is 21.6 Å². The van der Waals surface area contributed by atoms with Crippen LogP contribution in [0.4, 0.5) is 0 Å². The molecule has 27 heavy (non-hydrogen) atoms. The van der Waals surface area contributed by atoms with Crippen molar-refractivity contribution in [2.45, 2.75) is 25.8 Å². The molecule has 0 radical (unpaired) electrons. The van der Waals surface area contributed by atoms with Gasteiger partial charge in [0.1, 0.15) is 11.5 Å². The molecule has 3 heterocycles. The summed E-state index contributed by atoms with van der Waals surface area (Å²) in [5, 5.41) is 4.37. The normalized spacial score (nSPS) is 16.2. The number of nitrogens with zero attached hydrogens (tertiary/aromatic N) is 3. The summed E-state index contributed by atoms with van der Waals surface area (Å²) in [5.74, 6) is 1.04. The number of hydrogen-bond donors (Lipinski definition) is 0. The second-order valence-corrected chi connectivity index (χ2v) is 7.98. The Labute approximate surface area is 162 Å². The van der Waals surface area contributed by atoms with Gasteiger partial charge in [0, 0.05) is 36.7 Å². The van der Waals surface area contributed by atoms with E-state index in [2.05, 4.69) is 64.4 Å². The van der Waals surface area contributed by atoms with Gasteiger partial charge in [0.2, 0.25) is 0 Å². The summed E-state index contributed by atoms with van der Waals surface area (Å²) in [5.41, 5.74) is 7.75. The van der Waals surface area contributed by atoms with Crippen molar-refractivity contribution in [3.05, 3.63) is 70.9 Å². The third-order valence-electron chi connectivity index (χ3n) is 5.58. The first-order valence-corrected chi connectivity index (χ1v) is 10.3. The number of fused-ring (bicyclic) bond motifs is 2. The number of benzene rings is 2. The molecule has 4 aromatic rings. The summed E-state index contributed by atoms with van der Waals surface area (Å²) in [7, 11) is 0. The average Bonchev–Trinajstić information content (AvgIpc) is 3.29. The van der Waals surface area contributed by atoms with Gasteiger partial charge < -0.3 is 4.52 Å². The van der Waals surface area contributed by atoms with Gasteiger partial charge in [0.05, 0.1) is 15.7 Å². The highest BCUT2D eigenvalue weighted by atomic mass is 32.1. The maximum atomic E-state index is 5.72. The Hall–Kier alpha value is -2.50. The lowest BCUT2D eigenvalue weighted by Gasteiger charge is -2.27. The predicted octanol–water partition coefficient (Wildman–Crippen LogP) is 5.11. The molecule has 4 nitrogen and oxygen atoms in total. The number of rotatable bonds is 3. The zero-order chi connectivity index (χ0) is 18.2. The molecule has 5 heteroatoms. The van der Waals surface area contributed by atoms with Crippen molar-refractivity contribution in [1.29, 1.82) is 0 Å². The van der Waals surface area contributed by atoms with E-state index in [9.17, 15) is 0 Å². The van der Waals surface area contributed by atoms with Crippen LogP contribution in [-0.4, -0.2) is 28.1 Å². The third-order valence-corrected chi connectivity index (χ3v) is 6.39. The van der Waals surface area contributed by atoms with E-state index in [1.807, 2.05) is 11.6 Å². The number of aromatic nitrogens is 2. The molecule has 0 saturated carbocycles. The van der Waals surface area contributed by atoms with Gasteiger partial charge in [0.25, 0.3) is 0 Å². The van der Waals surface area contributed by atoms with Crippen LogP contribution < -0.4 is 0 Å². The van der Waals surface area contributed by atoms with Crippen LogP contribution in [0.5, 0.6) is 0 Å². The van der Waals surface area contributed by atoms with Gasteiger partial charge >= 0.3 is 0 Å². The Kier molecular flexibility index (Phi) is 4.26. The van der Waals surface area contributed by atoms with E-state index in [4.69, 9.17) is 4.52 Å². The van der Waals surface area contributed by atoms with Crippen molar-refractivity contribution in [3.8, 4) is 11.3 Å². The lowest BCUT2D eigenvalue weighted by atomic mass is 10.0. The Bertz CT molecular complexity index is 1070. The largest absolute Gasteiger partial charge is 0.360 e. The van der Waals surface area contributed by atoms with E-state index < -0.39 is 0 Å². The molecule has 0 fully saturated rings. The Morgan fingerprint density at radius 1 is 1.07 bits per heavy atom. The van der Waals surface area contributed by atoms with Crippen LogP contribution in [0.3, 0.4) is 0 Å². The van der Waals surface area contributed by atoms with Crippen molar-refractivity contribution in [1.82, 2.24) is 15.0 Å². The minimum atomic E-state index is 0.355. The zero-order valence-electron chi connectivity index (χ0n) is 15.3. The third kappa shape index (κ3) is 3.07. The van der Waals surface area contributed by atoms with E-state index in [0.29, 0.717) is 6.04 Å². The highest BCUT2D eigenvalue weighted by molar-refractivity contribution is 7.16. The van der Waals surface area contributed by atoms with Crippen LogP contribution in [0, 0.1) is 0 Å². The van der Waals surface area contributed by atoms with Crippen molar-refractivity contribution < 1.29 is 4.52 Å². The van der Waals surface area contributed by atoms with E-state index in [1.54, 1.807) is 11.3 Å². The second kappa shape index (κ2) is 6.91. The van der Waals surface area contributed by atoms with E-state index in [-0.39, 0.29) is 0 Å². The average molecular weight is 375 g/mol. The summed E-state index contributed by atoms with van der Waals surface area (Å²) in [6, 6.07) is 17.4. The zero-order valence-corrected chi connectivity index (χ0v) is 16.1. The first-order valence-electron chi connectivity index (χ1n) is 9.39. The van der Waals surface area contributed by atoms with E-state index in [0.717, 1.165) is 48.5 Å². The highest BCUT2D eigenvalue weighted by Crippen LogP contribution is 2.31. The topological polar surface area (TPSA) is 42.2 Å². The molecule has 1 atom stereocenters. The van der Waals surface area contributed by atoms with Crippen LogP contribution >= 0.6 is 11.3 Å². The fourth-order valence-electron chi connectivity index (χ4n) is 3.97. The first-order chi connectivity index (χ1) is 13.3. The van der Waals surface area contributed by atoms with Crippen LogP contribution in [-0.2, 0) is 12.8 Å². The van der Waals surface area contributed by atoms with Gasteiger partial charge in [-0.25, -0.2) is 4.98 Å². The minimum absolute atomic E-state index is 0.355. The molecule has 0 N–H and O–H groups in total. The van der Waals surface area contributed by atoms with Crippen molar-refractivity contribution in [3.63, 3.8) is 0 Å². The van der Waals surface area contributed by atoms with Crippen LogP contribution in [0.15, 0.2) is 58.6 Å². The van der Waals surface area contributed by atoms with Gasteiger partial charge in [-0.3, -0.25) is 4.90 Å². The first kappa shape index (κ1) is 16.7. The van der Waals surface area contributed by atoms with Gasteiger partial charge in [-0.05, 0) is 31.0 Å². The molecule has 1 aliphatic heterocycles. The monoisotopic (exact) mass is 375 g/mol. The lowest BCUT2D eigenvalue weighted by Crippen LogP contribution is -2.29. The standard InChI is InChI=1S/C22H21N3OS/c1-15(17-7-8-21-19(13-17)23-14-27-21)25-11-9-18-20(10-12-25)26-24-22(18)16-5-3-2-4-6-16/h2-8,13-15H,9-12H2,1H3. The molecular weight excluding hydrogens is 354 g/mol. The molecule has 0 saturated heterocycles. The molecule has 0 aliphatic carbocycles. The second-order valence-electron chi connectivity index (χ2n) is 7.09. The predicted molar refractivity (Wildman–Crippen MR) is 109 cm³/mol. The molecule has 1 aliphatic rings. The van der Waals surface area contributed by atoms with Crippen molar-refractivity contribution in [2.24, 2.45) is 0 Å². The Morgan fingerprint density at radius 2 is 1.93 bits per heavy atom. The highest BCUT2D eigenvalue weighted by Gasteiger charge is 2.25. The molecule has 2 aromatic carbocycles. The number of thiazole rings is 1. The molecule has 0 amide bonds. The van der Waals surface area contributed by atoms with Gasteiger partial charge in [-0.15, -0.1) is 11.3 Å². The summed E-state index contributed by atoms with van der Waals surface area (Å²) >= 11 is 1.69. The van der Waals surface area contributed by atoms with Crippen molar-refractivity contribution in [2.75, 3.05) is 13.1 Å². The molecule has 0 spiro atoms. The fourth-order valence-corrected chi connectivity index (χ4v) is 4.62. The van der Waals surface area contributed by atoms with Crippen LogP contribution in [0.1, 0.15) is 29.9 Å². The maximum Gasteiger partial charge on any atom is 0.141 e. The summed E-state index contributed by atoms with van der Waals surface area (Å²) < 4.78 is 6.97. The molecule has 2 aromatic heterocycles. The molecule has 0 bridgehead atoms. The van der Waals surface area contributed by atoms with Gasteiger partial charge in [-0.1, -0.05) is 41.6 Å². The summed E-state index contributed by atoms with van der Waals surface area (Å²) in [6.07, 6.45) is 1.87. The summed E-state index contributed by atoms with van der Waals surface area (Å²) in [6.45, 7) is 4.27. The van der Waals surface area contributed by atoms with E-state index >= 15 is 0 Å². The molecule has 136 valence electrons. The van der Waals surface area contributed by atoms with Crippen LogP contribution in [0.25, 0.3) is 21.5 Å². The van der Waals surface area contributed by atoms with E-state index in [1.165, 1.54) is 15.8 Å². The van der Waals surface area contributed by atoms with Gasteiger partial charge in [-0.2, -0.15) is 0 Å². The molecule has 1 unspecified atom stereocenters. The minimum Gasteiger partial charge on any atom is -0.360 e. The summed E-state index contributed by atoms with van der Waals surface area (Å²) in [4.78, 5) is 7.01. The number of hydrogen-bond acceptors (Lipinski definition) is 5.